The van der Waals surface area contributed by atoms with E-state index in [4.69, 9.17) is 5.26 Å². The first-order valence-electron chi connectivity index (χ1n) is 5.05. The van der Waals surface area contributed by atoms with Crippen LogP contribution >= 0.6 is 27.3 Å². The van der Waals surface area contributed by atoms with E-state index in [1.54, 1.807) is 12.1 Å². The monoisotopic (exact) mass is 321 g/mol. The number of alkyl halides is 1. The number of carbonyl (C=O) groups excluding carboxylic acids is 1. The summed E-state index contributed by atoms with van der Waals surface area (Å²) >= 11 is 4.44. The van der Waals surface area contributed by atoms with E-state index in [1.807, 2.05) is 17.5 Å². The van der Waals surface area contributed by atoms with E-state index in [0.29, 0.717) is 10.7 Å². The van der Waals surface area contributed by atoms with Crippen LogP contribution in [0.2, 0.25) is 0 Å². The second-order valence-corrected chi connectivity index (χ2v) is 4.83. The van der Waals surface area contributed by atoms with Crippen molar-refractivity contribution in [3.63, 3.8) is 0 Å². The molecule has 2 rings (SSSR count). The van der Waals surface area contributed by atoms with Crippen LogP contribution in [0.4, 0.5) is 5.13 Å². The molecule has 1 aromatic carbocycles. The normalized spacial score (nSPS) is 9.78. The molecule has 0 saturated carbocycles. The van der Waals surface area contributed by atoms with E-state index in [0.717, 1.165) is 11.3 Å². The van der Waals surface area contributed by atoms with Crippen LogP contribution in [0.25, 0.3) is 11.3 Å². The summed E-state index contributed by atoms with van der Waals surface area (Å²) in [4.78, 5) is 15.5. The molecule has 6 heteroatoms. The molecule has 1 aromatic heterocycles. The fourth-order valence-electron chi connectivity index (χ4n) is 1.33. The molecule has 90 valence electrons. The summed E-state index contributed by atoms with van der Waals surface area (Å²) in [6.07, 6.45) is 0. The average molecular weight is 322 g/mol. The molecule has 18 heavy (non-hydrogen) atoms. The number of halogens is 1. The zero-order chi connectivity index (χ0) is 13.0. The van der Waals surface area contributed by atoms with Gasteiger partial charge in [0.05, 0.1) is 22.7 Å². The van der Waals surface area contributed by atoms with Crippen molar-refractivity contribution < 1.29 is 4.79 Å². The largest absolute Gasteiger partial charge is 0.301 e. The molecule has 0 aliphatic carbocycles. The molecular formula is C12H8BrN3OS. The summed E-state index contributed by atoms with van der Waals surface area (Å²) < 4.78 is 0. The predicted octanol–water partition coefficient (Wildman–Crippen LogP) is 3.02. The van der Waals surface area contributed by atoms with E-state index in [2.05, 4.69) is 32.3 Å². The van der Waals surface area contributed by atoms with Gasteiger partial charge in [-0.05, 0) is 12.1 Å². The number of nitrogens with zero attached hydrogens (tertiary/aromatic N) is 2. The van der Waals surface area contributed by atoms with E-state index >= 15 is 0 Å². The first-order valence-corrected chi connectivity index (χ1v) is 7.05. The molecule has 0 aliphatic heterocycles. The zero-order valence-corrected chi connectivity index (χ0v) is 11.6. The highest BCUT2D eigenvalue weighted by Gasteiger charge is 2.06. The van der Waals surface area contributed by atoms with Gasteiger partial charge in [-0.3, -0.25) is 4.79 Å². The Labute approximate surface area is 116 Å². The van der Waals surface area contributed by atoms with Gasteiger partial charge in [-0.15, -0.1) is 11.3 Å². The standard InChI is InChI=1S/C12H8BrN3OS/c13-5-11(17)16-12-15-10(7-18-12)9-3-1-8(6-14)2-4-9/h1-4,7H,5H2,(H,15,16,17). The van der Waals surface area contributed by atoms with Crippen LogP contribution in [0.3, 0.4) is 0 Å². The third-order valence-electron chi connectivity index (χ3n) is 2.18. The van der Waals surface area contributed by atoms with Crippen molar-refractivity contribution in [1.29, 1.82) is 5.26 Å². The van der Waals surface area contributed by atoms with E-state index < -0.39 is 0 Å². The van der Waals surface area contributed by atoms with Gasteiger partial charge >= 0.3 is 0 Å². The Bertz CT molecular complexity index is 601. The Kier molecular flexibility index (Phi) is 4.07. The van der Waals surface area contributed by atoms with Crippen molar-refractivity contribution in [1.82, 2.24) is 4.98 Å². The quantitative estimate of drug-likeness (QED) is 0.884. The summed E-state index contributed by atoms with van der Waals surface area (Å²) in [6.45, 7) is 0. The number of nitriles is 1. The Balaban J connectivity index is 2.18. The molecule has 4 nitrogen and oxygen atoms in total. The van der Waals surface area contributed by atoms with Crippen molar-refractivity contribution in [2.75, 3.05) is 10.6 Å². The molecule has 2 aromatic rings. The summed E-state index contributed by atoms with van der Waals surface area (Å²) in [7, 11) is 0. The molecule has 0 unspecified atom stereocenters. The van der Waals surface area contributed by atoms with Crippen molar-refractivity contribution >= 4 is 38.3 Å². The van der Waals surface area contributed by atoms with Crippen LogP contribution < -0.4 is 5.32 Å². The van der Waals surface area contributed by atoms with Crippen LogP contribution in [0, 0.1) is 11.3 Å². The van der Waals surface area contributed by atoms with Crippen LogP contribution in [0.15, 0.2) is 29.6 Å². The maximum atomic E-state index is 11.2. The van der Waals surface area contributed by atoms with Crippen LogP contribution in [0.5, 0.6) is 0 Å². The average Bonchev–Trinajstić information content (AvgIpc) is 2.87. The van der Waals surface area contributed by atoms with Crippen molar-refractivity contribution in [3.8, 4) is 17.3 Å². The Morgan fingerprint density at radius 3 is 2.78 bits per heavy atom. The fourth-order valence-corrected chi connectivity index (χ4v) is 2.21. The minimum Gasteiger partial charge on any atom is -0.301 e. The molecule has 0 spiro atoms. The summed E-state index contributed by atoms with van der Waals surface area (Å²) in [5.41, 5.74) is 2.32. The maximum Gasteiger partial charge on any atom is 0.236 e. The SMILES string of the molecule is N#Cc1ccc(-c2csc(NC(=O)CBr)n2)cc1. The van der Waals surface area contributed by atoms with Crippen molar-refractivity contribution in [3.05, 3.63) is 35.2 Å². The maximum absolute atomic E-state index is 11.2. The van der Waals surface area contributed by atoms with Gasteiger partial charge in [0.1, 0.15) is 0 Å². The number of nitrogens with one attached hydrogen (secondary N) is 1. The zero-order valence-electron chi connectivity index (χ0n) is 9.18. The third-order valence-corrected chi connectivity index (χ3v) is 3.45. The molecule has 0 aliphatic rings. The highest BCUT2D eigenvalue weighted by molar-refractivity contribution is 9.09. The number of anilines is 1. The van der Waals surface area contributed by atoms with Gasteiger partial charge in [-0.1, -0.05) is 28.1 Å². The summed E-state index contributed by atoms with van der Waals surface area (Å²) in [5, 5.41) is 14.1. The van der Waals surface area contributed by atoms with Gasteiger partial charge < -0.3 is 5.32 Å². The number of carbonyl (C=O) groups is 1. The molecule has 0 fully saturated rings. The molecular weight excluding hydrogens is 314 g/mol. The smallest absolute Gasteiger partial charge is 0.236 e. The van der Waals surface area contributed by atoms with E-state index in [-0.39, 0.29) is 11.2 Å². The number of amides is 1. The van der Waals surface area contributed by atoms with Crippen molar-refractivity contribution in [2.45, 2.75) is 0 Å². The first kappa shape index (κ1) is 12.7. The first-order chi connectivity index (χ1) is 8.72. The van der Waals surface area contributed by atoms with Gasteiger partial charge in [0.2, 0.25) is 5.91 Å². The van der Waals surface area contributed by atoms with E-state index in [1.165, 1.54) is 11.3 Å². The molecule has 1 amide bonds. The summed E-state index contributed by atoms with van der Waals surface area (Å²) in [6, 6.07) is 9.22. The predicted molar refractivity (Wildman–Crippen MR) is 74.7 cm³/mol. The lowest BCUT2D eigenvalue weighted by atomic mass is 10.1. The van der Waals surface area contributed by atoms with Crippen molar-refractivity contribution in [2.24, 2.45) is 0 Å². The Morgan fingerprint density at radius 1 is 1.44 bits per heavy atom. The van der Waals surface area contributed by atoms with Crippen LogP contribution in [0.1, 0.15) is 5.56 Å². The Hall–Kier alpha value is -1.71. The number of benzene rings is 1. The van der Waals surface area contributed by atoms with Gasteiger partial charge in [-0.2, -0.15) is 5.26 Å². The van der Waals surface area contributed by atoms with Gasteiger partial charge in [0.15, 0.2) is 5.13 Å². The van der Waals surface area contributed by atoms with Gasteiger partial charge in [-0.25, -0.2) is 4.98 Å². The molecule has 1 heterocycles. The molecule has 0 radical (unpaired) electrons. The lowest BCUT2D eigenvalue weighted by molar-refractivity contribution is -0.113. The number of aromatic nitrogens is 1. The highest BCUT2D eigenvalue weighted by atomic mass is 79.9. The second-order valence-electron chi connectivity index (χ2n) is 3.41. The summed E-state index contributed by atoms with van der Waals surface area (Å²) in [5.74, 6) is -0.129. The van der Waals surface area contributed by atoms with Crippen LogP contribution in [-0.4, -0.2) is 16.2 Å². The molecule has 1 N–H and O–H groups in total. The number of hydrogen-bond acceptors (Lipinski definition) is 4. The minimum absolute atomic E-state index is 0.129. The van der Waals surface area contributed by atoms with Gasteiger partial charge in [0, 0.05) is 10.9 Å². The van der Waals surface area contributed by atoms with Gasteiger partial charge in [0.25, 0.3) is 0 Å². The molecule has 0 atom stereocenters. The number of rotatable bonds is 3. The minimum atomic E-state index is -0.129. The lowest BCUT2D eigenvalue weighted by Gasteiger charge is -1.97. The lowest BCUT2D eigenvalue weighted by Crippen LogP contribution is -2.11. The van der Waals surface area contributed by atoms with E-state index in [9.17, 15) is 4.79 Å². The fraction of sp³-hybridized carbons (Fsp3) is 0.0833. The molecule has 0 saturated heterocycles. The highest BCUT2D eigenvalue weighted by Crippen LogP contribution is 2.25. The number of thiazole rings is 1. The topological polar surface area (TPSA) is 65.8 Å². The third kappa shape index (κ3) is 2.94. The molecule has 0 bridgehead atoms. The Morgan fingerprint density at radius 2 is 2.17 bits per heavy atom. The number of hydrogen-bond donors (Lipinski definition) is 1. The second kappa shape index (κ2) is 5.76. The van der Waals surface area contributed by atoms with Crippen LogP contribution in [-0.2, 0) is 4.79 Å².